The van der Waals surface area contributed by atoms with Gasteiger partial charge in [-0.05, 0) is 13.0 Å². The number of amides is 1. The third-order valence-electron chi connectivity index (χ3n) is 2.94. The fourth-order valence-corrected chi connectivity index (χ4v) is 1.94. The van der Waals surface area contributed by atoms with E-state index in [4.69, 9.17) is 0 Å². The van der Waals surface area contributed by atoms with Gasteiger partial charge < -0.3 is 15.1 Å². The topological polar surface area (TPSA) is 35.6 Å². The molecule has 1 aliphatic heterocycles. The molecule has 1 fully saturated rings. The van der Waals surface area contributed by atoms with Crippen molar-refractivity contribution in [3.8, 4) is 0 Å². The zero-order valence-electron chi connectivity index (χ0n) is 9.96. The van der Waals surface area contributed by atoms with Gasteiger partial charge in [0.25, 0.3) is 0 Å². The van der Waals surface area contributed by atoms with Gasteiger partial charge in [-0.1, -0.05) is 6.92 Å². The molecule has 0 radical (unpaired) electrons. The van der Waals surface area contributed by atoms with Gasteiger partial charge in [0, 0.05) is 46.2 Å². The van der Waals surface area contributed by atoms with Crippen LogP contribution >= 0.6 is 0 Å². The Balaban J connectivity index is 2.12. The van der Waals surface area contributed by atoms with E-state index >= 15 is 0 Å². The highest BCUT2D eigenvalue weighted by molar-refractivity contribution is 5.75. The average Bonchev–Trinajstić information content (AvgIpc) is 2.28. The molecule has 0 aromatic heterocycles. The summed E-state index contributed by atoms with van der Waals surface area (Å²) in [6.45, 7) is 8.86. The third kappa shape index (κ3) is 4.62. The third-order valence-corrected chi connectivity index (χ3v) is 2.94. The Bertz CT molecular complexity index is 188. The molecule has 0 atom stereocenters. The summed E-state index contributed by atoms with van der Waals surface area (Å²) in [6, 6.07) is 0. The molecule has 1 amide bonds. The lowest BCUT2D eigenvalue weighted by Crippen LogP contribution is -2.47. The Labute approximate surface area is 92.6 Å². The van der Waals surface area contributed by atoms with E-state index in [1.807, 2.05) is 0 Å². The van der Waals surface area contributed by atoms with Crippen LogP contribution < -0.4 is 5.32 Å². The monoisotopic (exact) mass is 213 g/mol. The molecular formula is C11H23N3O. The molecule has 1 N–H and O–H groups in total. The van der Waals surface area contributed by atoms with Crippen LogP contribution in [0.5, 0.6) is 0 Å². The predicted octanol–water partition coefficient (Wildman–Crippen LogP) is 0.150. The average molecular weight is 213 g/mol. The van der Waals surface area contributed by atoms with Gasteiger partial charge in [0.05, 0.1) is 0 Å². The lowest BCUT2D eigenvalue weighted by molar-refractivity contribution is -0.121. The smallest absolute Gasteiger partial charge is 0.221 e. The Hall–Kier alpha value is -0.610. The number of nitrogens with zero attached hydrogens (tertiary/aromatic N) is 2. The largest absolute Gasteiger partial charge is 0.359 e. The number of hydrogen-bond donors (Lipinski definition) is 1. The number of hydrogen-bond acceptors (Lipinski definition) is 3. The van der Waals surface area contributed by atoms with Gasteiger partial charge in [-0.3, -0.25) is 4.79 Å². The molecule has 0 aromatic rings. The second kappa shape index (κ2) is 6.80. The van der Waals surface area contributed by atoms with Gasteiger partial charge in [-0.15, -0.1) is 0 Å². The summed E-state index contributed by atoms with van der Waals surface area (Å²) in [4.78, 5) is 15.9. The van der Waals surface area contributed by atoms with Crippen molar-refractivity contribution in [1.82, 2.24) is 15.1 Å². The fourth-order valence-electron chi connectivity index (χ4n) is 1.94. The maximum atomic E-state index is 11.1. The van der Waals surface area contributed by atoms with Gasteiger partial charge in [-0.2, -0.15) is 0 Å². The van der Waals surface area contributed by atoms with E-state index in [2.05, 4.69) is 22.0 Å². The number of carbonyl (C=O) groups excluding carboxylic acids is 1. The van der Waals surface area contributed by atoms with E-state index in [0.717, 1.165) is 32.7 Å². The molecule has 1 heterocycles. The second-order valence-electron chi connectivity index (χ2n) is 4.11. The first-order valence-corrected chi connectivity index (χ1v) is 5.91. The molecule has 0 aliphatic carbocycles. The number of carbonyl (C=O) groups is 1. The van der Waals surface area contributed by atoms with Crippen LogP contribution in [0.4, 0.5) is 0 Å². The van der Waals surface area contributed by atoms with Gasteiger partial charge >= 0.3 is 0 Å². The van der Waals surface area contributed by atoms with Crippen molar-refractivity contribution in [2.45, 2.75) is 19.8 Å². The van der Waals surface area contributed by atoms with Crippen LogP contribution in [0, 0.1) is 0 Å². The molecule has 0 saturated carbocycles. The van der Waals surface area contributed by atoms with Crippen molar-refractivity contribution in [3.05, 3.63) is 0 Å². The van der Waals surface area contributed by atoms with Crippen LogP contribution in [0.2, 0.25) is 0 Å². The van der Waals surface area contributed by atoms with Gasteiger partial charge in [-0.25, -0.2) is 0 Å². The van der Waals surface area contributed by atoms with Crippen molar-refractivity contribution < 1.29 is 4.79 Å². The molecule has 0 bridgehead atoms. The lowest BCUT2D eigenvalue weighted by atomic mass is 10.2. The molecule has 1 aliphatic rings. The molecule has 88 valence electrons. The summed E-state index contributed by atoms with van der Waals surface area (Å²) in [5.74, 6) is 0.144. The molecule has 0 spiro atoms. The van der Waals surface area contributed by atoms with Crippen LogP contribution in [0.3, 0.4) is 0 Å². The van der Waals surface area contributed by atoms with Gasteiger partial charge in [0.15, 0.2) is 0 Å². The number of piperazine rings is 1. The van der Waals surface area contributed by atoms with Gasteiger partial charge in [0.2, 0.25) is 5.91 Å². The lowest BCUT2D eigenvalue weighted by Gasteiger charge is -2.34. The van der Waals surface area contributed by atoms with Crippen molar-refractivity contribution in [3.63, 3.8) is 0 Å². The highest BCUT2D eigenvalue weighted by atomic mass is 16.1. The summed E-state index contributed by atoms with van der Waals surface area (Å²) < 4.78 is 0. The highest BCUT2D eigenvalue weighted by Crippen LogP contribution is 2.02. The molecule has 1 rings (SSSR count). The van der Waals surface area contributed by atoms with Crippen molar-refractivity contribution in [2.75, 3.05) is 46.3 Å². The minimum atomic E-state index is 0.144. The Kier molecular flexibility index (Phi) is 5.65. The fraction of sp³-hybridized carbons (Fsp3) is 0.909. The van der Waals surface area contributed by atoms with Crippen LogP contribution in [-0.2, 0) is 4.79 Å². The number of rotatable bonds is 5. The quantitative estimate of drug-likeness (QED) is 0.706. The van der Waals surface area contributed by atoms with Crippen molar-refractivity contribution in [2.24, 2.45) is 0 Å². The van der Waals surface area contributed by atoms with E-state index < -0.39 is 0 Å². The molecule has 0 unspecified atom stereocenters. The molecule has 1 saturated heterocycles. The maximum Gasteiger partial charge on any atom is 0.221 e. The molecule has 4 heteroatoms. The standard InChI is InChI=1S/C11H23N3O/c1-3-5-13-7-9-14(10-8-13)6-4-11(15)12-2/h3-10H2,1-2H3,(H,12,15). The van der Waals surface area contributed by atoms with Crippen LogP contribution in [0.1, 0.15) is 19.8 Å². The van der Waals surface area contributed by atoms with Crippen molar-refractivity contribution in [1.29, 1.82) is 0 Å². The molecular weight excluding hydrogens is 190 g/mol. The summed E-state index contributed by atoms with van der Waals surface area (Å²) in [5.41, 5.74) is 0. The normalized spacial score (nSPS) is 19.1. The van der Waals surface area contributed by atoms with E-state index in [0.29, 0.717) is 6.42 Å². The summed E-state index contributed by atoms with van der Waals surface area (Å²) >= 11 is 0. The van der Waals surface area contributed by atoms with Crippen LogP contribution in [-0.4, -0.2) is 62.0 Å². The number of nitrogens with one attached hydrogen (secondary N) is 1. The predicted molar refractivity (Wildman–Crippen MR) is 61.9 cm³/mol. The highest BCUT2D eigenvalue weighted by Gasteiger charge is 2.16. The minimum Gasteiger partial charge on any atom is -0.359 e. The first kappa shape index (κ1) is 12.5. The van der Waals surface area contributed by atoms with Crippen molar-refractivity contribution >= 4 is 5.91 Å². The first-order valence-electron chi connectivity index (χ1n) is 5.91. The van der Waals surface area contributed by atoms with Gasteiger partial charge in [0.1, 0.15) is 0 Å². The first-order chi connectivity index (χ1) is 7.26. The Morgan fingerprint density at radius 1 is 1.13 bits per heavy atom. The summed E-state index contributed by atoms with van der Waals surface area (Å²) in [6.07, 6.45) is 1.86. The van der Waals surface area contributed by atoms with Crippen LogP contribution in [0.15, 0.2) is 0 Å². The van der Waals surface area contributed by atoms with E-state index in [-0.39, 0.29) is 5.91 Å². The van der Waals surface area contributed by atoms with E-state index in [9.17, 15) is 4.79 Å². The SMILES string of the molecule is CCCN1CCN(CCC(=O)NC)CC1. The summed E-state index contributed by atoms with van der Waals surface area (Å²) in [7, 11) is 1.70. The zero-order valence-corrected chi connectivity index (χ0v) is 9.96. The summed E-state index contributed by atoms with van der Waals surface area (Å²) in [5, 5.41) is 2.66. The second-order valence-corrected chi connectivity index (χ2v) is 4.11. The minimum absolute atomic E-state index is 0.144. The Morgan fingerprint density at radius 3 is 2.13 bits per heavy atom. The molecule has 15 heavy (non-hydrogen) atoms. The molecule has 4 nitrogen and oxygen atoms in total. The Morgan fingerprint density at radius 2 is 1.67 bits per heavy atom. The zero-order chi connectivity index (χ0) is 11.1. The molecule has 0 aromatic carbocycles. The van der Waals surface area contributed by atoms with E-state index in [1.54, 1.807) is 7.05 Å². The maximum absolute atomic E-state index is 11.1. The van der Waals surface area contributed by atoms with E-state index in [1.165, 1.54) is 13.0 Å². The van der Waals surface area contributed by atoms with Crippen LogP contribution in [0.25, 0.3) is 0 Å².